The molecular formula is C8H7ClO4S. The lowest BCUT2D eigenvalue weighted by atomic mass is 10.1. The van der Waals surface area contributed by atoms with Gasteiger partial charge in [0.15, 0.2) is 5.78 Å². The molecule has 0 saturated carbocycles. The average Bonchev–Trinajstić information content (AvgIpc) is 2.01. The van der Waals surface area contributed by atoms with Gasteiger partial charge in [-0.2, -0.15) is 0 Å². The molecule has 1 N–H and O–H groups in total. The third-order valence-corrected chi connectivity index (χ3v) is 2.44. The highest BCUT2D eigenvalue weighted by atomic mass is 35.7. The van der Waals surface area contributed by atoms with Crippen LogP contribution >= 0.6 is 10.7 Å². The maximum atomic E-state index is 11.3. The zero-order valence-electron chi connectivity index (χ0n) is 6.97. The first-order chi connectivity index (χ1) is 6.40. The van der Waals surface area contributed by atoms with Gasteiger partial charge >= 0.3 is 0 Å². The van der Waals surface area contributed by atoms with Crippen molar-refractivity contribution in [1.82, 2.24) is 0 Å². The molecule has 0 atom stereocenters. The van der Waals surface area contributed by atoms with Crippen molar-refractivity contribution in [2.45, 2.75) is 0 Å². The number of hydrogen-bond donors (Lipinski definition) is 1. The maximum absolute atomic E-state index is 11.3. The first-order valence-corrected chi connectivity index (χ1v) is 6.11. The fraction of sp³-hybridized carbons (Fsp3) is 0.125. The van der Waals surface area contributed by atoms with Crippen molar-refractivity contribution in [3.63, 3.8) is 0 Å². The zero-order chi connectivity index (χ0) is 10.8. The molecule has 0 fully saturated rings. The molecule has 0 aliphatic carbocycles. The van der Waals surface area contributed by atoms with Crippen molar-refractivity contribution >= 4 is 25.5 Å². The number of hydrogen-bond acceptors (Lipinski definition) is 4. The summed E-state index contributed by atoms with van der Waals surface area (Å²) in [6, 6.07) is 5.68. The van der Waals surface area contributed by atoms with Crippen LogP contribution in [0.3, 0.4) is 0 Å². The second-order valence-corrected chi connectivity index (χ2v) is 5.40. The summed E-state index contributed by atoms with van der Waals surface area (Å²) in [7, 11) is 1.02. The summed E-state index contributed by atoms with van der Waals surface area (Å²) in [5.74, 6) is -1.79. The quantitative estimate of drug-likeness (QED) is 0.629. The lowest BCUT2D eigenvalue weighted by Gasteiger charge is -2.00. The Morgan fingerprint density at radius 1 is 1.36 bits per heavy atom. The number of aromatic hydroxyl groups is 1. The zero-order valence-corrected chi connectivity index (χ0v) is 8.55. The van der Waals surface area contributed by atoms with Gasteiger partial charge in [0.2, 0.25) is 9.05 Å². The molecule has 0 radical (unpaired) electrons. The molecule has 0 heterocycles. The van der Waals surface area contributed by atoms with E-state index in [1.165, 1.54) is 24.3 Å². The standard InChI is InChI=1S/C8H7ClO4S/c9-14(12,13)5-8(11)6-3-1-2-4-7(6)10/h1-4,10H,5H2. The summed E-state index contributed by atoms with van der Waals surface area (Å²) >= 11 is 0. The van der Waals surface area contributed by atoms with Gasteiger partial charge < -0.3 is 5.11 Å². The summed E-state index contributed by atoms with van der Waals surface area (Å²) in [5, 5.41) is 9.22. The molecule has 0 aliphatic heterocycles. The molecule has 0 bridgehead atoms. The van der Waals surface area contributed by atoms with Gasteiger partial charge in [-0.1, -0.05) is 12.1 Å². The molecule has 14 heavy (non-hydrogen) atoms. The van der Waals surface area contributed by atoms with Crippen molar-refractivity contribution < 1.29 is 18.3 Å². The van der Waals surface area contributed by atoms with Crippen molar-refractivity contribution in [3.8, 4) is 5.75 Å². The highest BCUT2D eigenvalue weighted by Crippen LogP contribution is 2.17. The topological polar surface area (TPSA) is 71.4 Å². The van der Waals surface area contributed by atoms with Gasteiger partial charge in [0.1, 0.15) is 11.5 Å². The minimum atomic E-state index is -3.88. The largest absolute Gasteiger partial charge is 0.507 e. The van der Waals surface area contributed by atoms with Crippen LogP contribution in [0, 0.1) is 0 Å². The monoisotopic (exact) mass is 234 g/mol. The van der Waals surface area contributed by atoms with Crippen molar-refractivity contribution in [1.29, 1.82) is 0 Å². The van der Waals surface area contributed by atoms with Gasteiger partial charge in [0.25, 0.3) is 0 Å². The van der Waals surface area contributed by atoms with E-state index in [0.717, 1.165) is 0 Å². The Balaban J connectivity index is 2.97. The number of carbonyl (C=O) groups is 1. The van der Waals surface area contributed by atoms with Gasteiger partial charge in [-0.25, -0.2) is 8.42 Å². The van der Waals surface area contributed by atoms with Crippen LogP contribution in [0.4, 0.5) is 0 Å². The number of carbonyl (C=O) groups excluding carboxylic acids is 1. The summed E-state index contributed by atoms with van der Waals surface area (Å²) in [4.78, 5) is 11.3. The number of halogens is 1. The summed E-state index contributed by atoms with van der Waals surface area (Å²) in [5.41, 5.74) is -0.0447. The number of benzene rings is 1. The Labute approximate surface area is 85.5 Å². The van der Waals surface area contributed by atoms with Gasteiger partial charge in [-0.05, 0) is 12.1 Å². The van der Waals surface area contributed by atoms with Crippen LogP contribution in [0.15, 0.2) is 24.3 Å². The van der Waals surface area contributed by atoms with E-state index < -0.39 is 20.6 Å². The molecule has 4 nitrogen and oxygen atoms in total. The molecule has 76 valence electrons. The second-order valence-electron chi connectivity index (χ2n) is 2.62. The average molecular weight is 235 g/mol. The number of Topliss-reactive ketones (excluding diaryl/α,β-unsaturated/α-hetero) is 1. The van der Waals surface area contributed by atoms with E-state index in [1.807, 2.05) is 0 Å². The Morgan fingerprint density at radius 2 is 1.93 bits per heavy atom. The molecule has 0 amide bonds. The predicted octanol–water partition coefficient (Wildman–Crippen LogP) is 1.14. The van der Waals surface area contributed by atoms with Crippen LogP contribution in [-0.4, -0.2) is 25.1 Å². The molecule has 1 aromatic rings. The van der Waals surface area contributed by atoms with Gasteiger partial charge in [0.05, 0.1) is 5.56 Å². The first-order valence-electron chi connectivity index (χ1n) is 3.63. The smallest absolute Gasteiger partial charge is 0.240 e. The van der Waals surface area contributed by atoms with Crippen molar-refractivity contribution in [3.05, 3.63) is 29.8 Å². The van der Waals surface area contributed by atoms with Gasteiger partial charge in [-0.3, -0.25) is 4.79 Å². The minimum Gasteiger partial charge on any atom is -0.507 e. The van der Waals surface area contributed by atoms with Gasteiger partial charge in [0, 0.05) is 10.7 Å². The number of ketones is 1. The molecule has 6 heteroatoms. The number of phenolic OH excluding ortho intramolecular Hbond substituents is 1. The fourth-order valence-corrected chi connectivity index (χ4v) is 1.71. The number of rotatable bonds is 3. The Kier molecular flexibility index (Phi) is 3.13. The molecule has 0 aromatic heterocycles. The number of para-hydroxylation sites is 1. The highest BCUT2D eigenvalue weighted by molar-refractivity contribution is 8.14. The first kappa shape index (κ1) is 11.0. The van der Waals surface area contributed by atoms with E-state index in [1.54, 1.807) is 0 Å². The molecular weight excluding hydrogens is 228 g/mol. The van der Waals surface area contributed by atoms with E-state index in [-0.39, 0.29) is 11.3 Å². The molecule has 0 saturated heterocycles. The van der Waals surface area contributed by atoms with Crippen molar-refractivity contribution in [2.24, 2.45) is 0 Å². The van der Waals surface area contributed by atoms with Crippen LogP contribution in [0.1, 0.15) is 10.4 Å². The van der Waals surface area contributed by atoms with Crippen LogP contribution in [0.5, 0.6) is 5.75 Å². The van der Waals surface area contributed by atoms with E-state index in [2.05, 4.69) is 0 Å². The van der Waals surface area contributed by atoms with E-state index in [0.29, 0.717) is 0 Å². The molecule has 1 aromatic carbocycles. The molecule has 0 aliphatic rings. The lowest BCUT2D eigenvalue weighted by Crippen LogP contribution is -2.11. The fourth-order valence-electron chi connectivity index (χ4n) is 0.944. The maximum Gasteiger partial charge on any atom is 0.240 e. The Hall–Kier alpha value is -1.07. The SMILES string of the molecule is O=C(CS(=O)(=O)Cl)c1ccccc1O. The number of phenols is 1. The summed E-state index contributed by atoms with van der Waals surface area (Å²) in [6.45, 7) is 0. The molecule has 0 spiro atoms. The lowest BCUT2D eigenvalue weighted by molar-refractivity contribution is 0.101. The van der Waals surface area contributed by atoms with Crippen LogP contribution in [0.2, 0.25) is 0 Å². The van der Waals surface area contributed by atoms with Gasteiger partial charge in [-0.15, -0.1) is 0 Å². The van der Waals surface area contributed by atoms with Crippen molar-refractivity contribution in [2.75, 3.05) is 5.75 Å². The third kappa shape index (κ3) is 3.01. The van der Waals surface area contributed by atoms with E-state index in [4.69, 9.17) is 10.7 Å². The summed E-state index contributed by atoms with van der Waals surface area (Å²) < 4.78 is 21.2. The van der Waals surface area contributed by atoms with Crippen LogP contribution in [0.25, 0.3) is 0 Å². The normalized spacial score (nSPS) is 11.2. The van der Waals surface area contributed by atoms with Crippen LogP contribution in [-0.2, 0) is 9.05 Å². The van der Waals surface area contributed by atoms with Crippen LogP contribution < -0.4 is 0 Å². The summed E-state index contributed by atoms with van der Waals surface area (Å²) in [6.07, 6.45) is 0. The minimum absolute atomic E-state index is 0.0447. The highest BCUT2D eigenvalue weighted by Gasteiger charge is 2.17. The third-order valence-electron chi connectivity index (χ3n) is 1.51. The van der Waals surface area contributed by atoms with E-state index in [9.17, 15) is 18.3 Å². The molecule has 1 rings (SSSR count). The van der Waals surface area contributed by atoms with E-state index >= 15 is 0 Å². The second kappa shape index (κ2) is 3.98. The molecule has 0 unspecified atom stereocenters. The predicted molar refractivity (Wildman–Crippen MR) is 52.1 cm³/mol. The Morgan fingerprint density at radius 3 is 2.43 bits per heavy atom. The Bertz CT molecular complexity index is 452.